The van der Waals surface area contributed by atoms with Crippen molar-refractivity contribution in [3.63, 3.8) is 0 Å². The van der Waals surface area contributed by atoms with Gasteiger partial charge in [-0.2, -0.15) is 4.98 Å². The third-order valence-corrected chi connectivity index (χ3v) is 3.55. The summed E-state index contributed by atoms with van der Waals surface area (Å²) in [4.78, 5) is 9.26. The van der Waals surface area contributed by atoms with E-state index in [1.54, 1.807) is 0 Å². The maximum atomic E-state index is 5.93. The summed E-state index contributed by atoms with van der Waals surface area (Å²) in [6, 6.07) is 0. The van der Waals surface area contributed by atoms with E-state index in [1.807, 2.05) is 6.92 Å². The second-order valence-corrected chi connectivity index (χ2v) is 6.55. The monoisotopic (exact) mass is 293 g/mol. The van der Waals surface area contributed by atoms with Gasteiger partial charge in [0.1, 0.15) is 18.2 Å². The Hall–Kier alpha value is -1.36. The number of nitrogens with one attached hydrogen (secondary N) is 1. The van der Waals surface area contributed by atoms with E-state index in [9.17, 15) is 0 Å². The summed E-state index contributed by atoms with van der Waals surface area (Å²) in [5, 5.41) is 3.29. The Morgan fingerprint density at radius 2 is 2.10 bits per heavy atom. The van der Waals surface area contributed by atoms with Gasteiger partial charge in [-0.1, -0.05) is 20.8 Å². The van der Waals surface area contributed by atoms with Crippen molar-refractivity contribution >= 4 is 5.82 Å². The highest BCUT2D eigenvalue weighted by Gasteiger charge is 2.23. The molecule has 0 aliphatic carbocycles. The fraction of sp³-hybridized carbons (Fsp3) is 0.750. The van der Waals surface area contributed by atoms with Crippen molar-refractivity contribution in [3.05, 3.63) is 11.4 Å². The molecule has 21 heavy (non-hydrogen) atoms. The fourth-order valence-electron chi connectivity index (χ4n) is 2.26. The number of ether oxygens (including phenoxy) is 2. The van der Waals surface area contributed by atoms with Gasteiger partial charge < -0.3 is 14.8 Å². The van der Waals surface area contributed by atoms with E-state index in [2.05, 4.69) is 43.0 Å². The standard InChI is InChI=1S/C16H27N3O2/c1-6-17-13-11(2)14(19-15(18-13)16(3,4)5)21-10-12-8-7-9-20-12/h12H,6-10H2,1-5H3,(H,17,18,19). The highest BCUT2D eigenvalue weighted by atomic mass is 16.5. The minimum atomic E-state index is -0.111. The van der Waals surface area contributed by atoms with Gasteiger partial charge in [0.25, 0.3) is 0 Å². The lowest BCUT2D eigenvalue weighted by Crippen LogP contribution is -2.21. The van der Waals surface area contributed by atoms with E-state index in [0.29, 0.717) is 12.5 Å². The van der Waals surface area contributed by atoms with Gasteiger partial charge in [0, 0.05) is 18.6 Å². The van der Waals surface area contributed by atoms with Crippen molar-refractivity contribution in [3.8, 4) is 5.88 Å². The summed E-state index contributed by atoms with van der Waals surface area (Å²) in [5.74, 6) is 2.33. The largest absolute Gasteiger partial charge is 0.475 e. The van der Waals surface area contributed by atoms with E-state index in [1.165, 1.54) is 0 Å². The van der Waals surface area contributed by atoms with Crippen LogP contribution in [0, 0.1) is 6.92 Å². The maximum Gasteiger partial charge on any atom is 0.221 e. The number of aromatic nitrogens is 2. The molecular weight excluding hydrogens is 266 g/mol. The molecule has 1 N–H and O–H groups in total. The molecule has 1 aliphatic heterocycles. The molecule has 1 fully saturated rings. The Morgan fingerprint density at radius 3 is 2.67 bits per heavy atom. The first-order valence-corrected chi connectivity index (χ1v) is 7.79. The molecule has 5 heteroatoms. The van der Waals surface area contributed by atoms with Crippen LogP contribution in [0.1, 0.15) is 51.9 Å². The molecule has 1 saturated heterocycles. The van der Waals surface area contributed by atoms with Gasteiger partial charge in [0.2, 0.25) is 5.88 Å². The van der Waals surface area contributed by atoms with Crippen molar-refractivity contribution in [2.45, 2.75) is 59.0 Å². The molecule has 0 saturated carbocycles. The van der Waals surface area contributed by atoms with Crippen LogP contribution in [0.4, 0.5) is 5.82 Å². The van der Waals surface area contributed by atoms with Crippen LogP contribution in [-0.4, -0.2) is 35.8 Å². The molecule has 1 atom stereocenters. The van der Waals surface area contributed by atoms with Gasteiger partial charge in [-0.25, -0.2) is 4.98 Å². The summed E-state index contributed by atoms with van der Waals surface area (Å²) < 4.78 is 11.5. The molecule has 5 nitrogen and oxygen atoms in total. The molecule has 0 spiro atoms. The lowest BCUT2D eigenvalue weighted by Gasteiger charge is -2.21. The molecule has 1 aliphatic rings. The van der Waals surface area contributed by atoms with E-state index < -0.39 is 0 Å². The zero-order chi connectivity index (χ0) is 15.5. The SMILES string of the molecule is CCNc1nc(C(C)(C)C)nc(OCC2CCCO2)c1C. The third kappa shape index (κ3) is 4.06. The molecule has 118 valence electrons. The topological polar surface area (TPSA) is 56.3 Å². The summed E-state index contributed by atoms with van der Waals surface area (Å²) >= 11 is 0. The average Bonchev–Trinajstić information content (AvgIpc) is 2.91. The highest BCUT2D eigenvalue weighted by Crippen LogP contribution is 2.28. The Bertz CT molecular complexity index is 477. The summed E-state index contributed by atoms with van der Waals surface area (Å²) in [5.41, 5.74) is 0.850. The Balaban J connectivity index is 2.22. The fourth-order valence-corrected chi connectivity index (χ4v) is 2.26. The van der Waals surface area contributed by atoms with E-state index in [0.717, 1.165) is 43.2 Å². The lowest BCUT2D eigenvalue weighted by molar-refractivity contribution is 0.0659. The number of anilines is 1. The Kier molecular flexibility index (Phi) is 5.04. The van der Waals surface area contributed by atoms with Gasteiger partial charge in [0.05, 0.1) is 11.7 Å². The maximum absolute atomic E-state index is 5.93. The summed E-state index contributed by atoms with van der Waals surface area (Å²) in [6.45, 7) is 12.6. The molecule has 1 aromatic heterocycles. The number of nitrogens with zero attached hydrogens (tertiary/aromatic N) is 2. The molecule has 1 aromatic rings. The zero-order valence-corrected chi connectivity index (χ0v) is 13.8. The summed E-state index contributed by atoms with van der Waals surface area (Å²) in [6.07, 6.45) is 2.38. The van der Waals surface area contributed by atoms with Gasteiger partial charge >= 0.3 is 0 Å². The van der Waals surface area contributed by atoms with Crippen molar-refractivity contribution in [1.29, 1.82) is 0 Å². The molecule has 1 unspecified atom stereocenters. The first-order valence-electron chi connectivity index (χ1n) is 7.79. The molecule has 0 bridgehead atoms. The van der Waals surface area contributed by atoms with Crippen LogP contribution in [0.15, 0.2) is 0 Å². The number of hydrogen-bond donors (Lipinski definition) is 1. The average molecular weight is 293 g/mol. The minimum absolute atomic E-state index is 0.111. The summed E-state index contributed by atoms with van der Waals surface area (Å²) in [7, 11) is 0. The van der Waals surface area contributed by atoms with Crippen LogP contribution < -0.4 is 10.1 Å². The number of rotatable bonds is 5. The molecule has 0 amide bonds. The van der Waals surface area contributed by atoms with E-state index >= 15 is 0 Å². The molecule has 2 heterocycles. The third-order valence-electron chi connectivity index (χ3n) is 3.55. The van der Waals surface area contributed by atoms with Crippen LogP contribution >= 0.6 is 0 Å². The molecule has 0 aromatic carbocycles. The van der Waals surface area contributed by atoms with Crippen LogP contribution in [0.5, 0.6) is 5.88 Å². The normalized spacial score (nSPS) is 18.8. The van der Waals surface area contributed by atoms with Gasteiger partial charge in [-0.3, -0.25) is 0 Å². The van der Waals surface area contributed by atoms with Crippen LogP contribution in [0.2, 0.25) is 0 Å². The van der Waals surface area contributed by atoms with Crippen LogP contribution in [-0.2, 0) is 10.2 Å². The first kappa shape index (κ1) is 16.0. The zero-order valence-electron chi connectivity index (χ0n) is 13.8. The lowest BCUT2D eigenvalue weighted by atomic mass is 9.95. The van der Waals surface area contributed by atoms with Crippen LogP contribution in [0.3, 0.4) is 0 Å². The van der Waals surface area contributed by atoms with Gasteiger partial charge in [-0.05, 0) is 26.7 Å². The molecular formula is C16H27N3O2. The predicted molar refractivity (Wildman–Crippen MR) is 84.1 cm³/mol. The van der Waals surface area contributed by atoms with E-state index in [4.69, 9.17) is 9.47 Å². The Labute approximate surface area is 127 Å². The van der Waals surface area contributed by atoms with Crippen molar-refractivity contribution in [2.75, 3.05) is 25.1 Å². The Morgan fingerprint density at radius 1 is 1.33 bits per heavy atom. The number of hydrogen-bond acceptors (Lipinski definition) is 5. The quantitative estimate of drug-likeness (QED) is 0.904. The van der Waals surface area contributed by atoms with Crippen molar-refractivity contribution < 1.29 is 9.47 Å². The predicted octanol–water partition coefficient (Wildman–Crippen LogP) is 3.07. The van der Waals surface area contributed by atoms with Crippen molar-refractivity contribution in [2.24, 2.45) is 0 Å². The van der Waals surface area contributed by atoms with Gasteiger partial charge in [-0.15, -0.1) is 0 Å². The second-order valence-electron chi connectivity index (χ2n) is 6.55. The van der Waals surface area contributed by atoms with Gasteiger partial charge in [0.15, 0.2) is 0 Å². The smallest absolute Gasteiger partial charge is 0.221 e. The highest BCUT2D eigenvalue weighted by molar-refractivity contribution is 5.49. The minimum Gasteiger partial charge on any atom is -0.475 e. The van der Waals surface area contributed by atoms with E-state index in [-0.39, 0.29) is 11.5 Å². The first-order chi connectivity index (χ1) is 9.91. The van der Waals surface area contributed by atoms with Crippen LogP contribution in [0.25, 0.3) is 0 Å². The van der Waals surface area contributed by atoms with Crippen molar-refractivity contribution in [1.82, 2.24) is 9.97 Å². The molecule has 2 rings (SSSR count). The molecule has 0 radical (unpaired) electrons. The second kappa shape index (κ2) is 6.60.